The molecule has 0 aliphatic carbocycles. The van der Waals surface area contributed by atoms with E-state index in [0.29, 0.717) is 25.9 Å². The van der Waals surface area contributed by atoms with Crippen molar-refractivity contribution in [2.24, 2.45) is 5.92 Å². The third-order valence-electron chi connectivity index (χ3n) is 4.07. The minimum Gasteiger partial charge on any atom is -0.341 e. The number of hydrogen-bond acceptors (Lipinski definition) is 3. The molecule has 0 spiro atoms. The topological polar surface area (TPSA) is 57.7 Å². The SMILES string of the molecule is CN(Cc1ccc(F)cc1F)C(=O)C1CCN(S(C)(=O)=O)CC1. The van der Waals surface area contributed by atoms with Gasteiger partial charge in [0.1, 0.15) is 11.6 Å². The van der Waals surface area contributed by atoms with Gasteiger partial charge in [-0.1, -0.05) is 6.07 Å². The molecule has 8 heteroatoms. The summed E-state index contributed by atoms with van der Waals surface area (Å²) in [5.41, 5.74) is 0.246. The highest BCUT2D eigenvalue weighted by Gasteiger charge is 2.30. The molecule has 0 N–H and O–H groups in total. The molecule has 1 amide bonds. The highest BCUT2D eigenvalue weighted by atomic mass is 32.2. The van der Waals surface area contributed by atoms with Crippen molar-refractivity contribution in [1.29, 1.82) is 0 Å². The number of piperidine rings is 1. The van der Waals surface area contributed by atoms with Crippen molar-refractivity contribution >= 4 is 15.9 Å². The smallest absolute Gasteiger partial charge is 0.225 e. The number of nitrogens with zero attached hydrogens (tertiary/aromatic N) is 2. The Morgan fingerprint density at radius 1 is 1.30 bits per heavy atom. The van der Waals surface area contributed by atoms with Gasteiger partial charge in [-0.15, -0.1) is 0 Å². The fraction of sp³-hybridized carbons (Fsp3) is 0.533. The van der Waals surface area contributed by atoms with Gasteiger partial charge in [0, 0.05) is 44.2 Å². The van der Waals surface area contributed by atoms with Crippen LogP contribution in [-0.2, 0) is 21.4 Å². The fourth-order valence-electron chi connectivity index (χ4n) is 2.73. The van der Waals surface area contributed by atoms with Crippen molar-refractivity contribution < 1.29 is 22.0 Å². The summed E-state index contributed by atoms with van der Waals surface area (Å²) in [4.78, 5) is 13.8. The van der Waals surface area contributed by atoms with Gasteiger partial charge in [-0.25, -0.2) is 21.5 Å². The number of halogens is 2. The van der Waals surface area contributed by atoms with E-state index in [0.717, 1.165) is 18.4 Å². The largest absolute Gasteiger partial charge is 0.341 e. The van der Waals surface area contributed by atoms with E-state index in [1.165, 1.54) is 15.3 Å². The van der Waals surface area contributed by atoms with E-state index >= 15 is 0 Å². The zero-order chi connectivity index (χ0) is 17.2. The number of carbonyl (C=O) groups is 1. The third-order valence-corrected chi connectivity index (χ3v) is 5.37. The summed E-state index contributed by atoms with van der Waals surface area (Å²) < 4.78 is 50.8. The zero-order valence-electron chi connectivity index (χ0n) is 13.1. The Morgan fingerprint density at radius 3 is 2.43 bits per heavy atom. The number of hydrogen-bond donors (Lipinski definition) is 0. The molecule has 1 aromatic carbocycles. The summed E-state index contributed by atoms with van der Waals surface area (Å²) in [6.07, 6.45) is 2.04. The molecule has 2 rings (SSSR count). The molecule has 23 heavy (non-hydrogen) atoms. The number of benzene rings is 1. The molecular formula is C15H20F2N2O3S. The summed E-state index contributed by atoms with van der Waals surface area (Å²) in [5.74, 6) is -1.77. The second-order valence-electron chi connectivity index (χ2n) is 5.87. The third kappa shape index (κ3) is 4.48. The van der Waals surface area contributed by atoms with Crippen molar-refractivity contribution in [2.45, 2.75) is 19.4 Å². The van der Waals surface area contributed by atoms with Gasteiger partial charge in [-0.3, -0.25) is 4.79 Å². The summed E-state index contributed by atoms with van der Waals surface area (Å²) >= 11 is 0. The van der Waals surface area contributed by atoms with Crippen LogP contribution >= 0.6 is 0 Å². The molecule has 0 saturated carbocycles. The molecule has 1 heterocycles. The fourth-order valence-corrected chi connectivity index (χ4v) is 3.60. The van der Waals surface area contributed by atoms with Gasteiger partial charge in [0.25, 0.3) is 0 Å². The van der Waals surface area contributed by atoms with Crippen LogP contribution in [0.3, 0.4) is 0 Å². The first kappa shape index (κ1) is 17.8. The first-order valence-electron chi connectivity index (χ1n) is 7.32. The number of amides is 1. The summed E-state index contributed by atoms with van der Waals surface area (Å²) in [5, 5.41) is 0. The Labute approximate surface area is 134 Å². The Morgan fingerprint density at radius 2 is 1.91 bits per heavy atom. The predicted molar refractivity (Wildman–Crippen MR) is 82.0 cm³/mol. The van der Waals surface area contributed by atoms with Crippen LogP contribution in [0.15, 0.2) is 18.2 Å². The van der Waals surface area contributed by atoms with Crippen molar-refractivity contribution in [2.75, 3.05) is 26.4 Å². The minimum absolute atomic E-state index is 0.0528. The summed E-state index contributed by atoms with van der Waals surface area (Å²) in [7, 11) is -1.67. The van der Waals surface area contributed by atoms with Gasteiger partial charge in [0.05, 0.1) is 6.26 Å². The molecule has 1 aliphatic rings. The normalized spacial score (nSPS) is 17.2. The molecule has 5 nitrogen and oxygen atoms in total. The van der Waals surface area contributed by atoms with Crippen molar-refractivity contribution in [3.8, 4) is 0 Å². The molecular weight excluding hydrogens is 326 g/mol. The van der Waals surface area contributed by atoms with E-state index in [4.69, 9.17) is 0 Å². The van der Waals surface area contributed by atoms with Crippen LogP contribution in [0.5, 0.6) is 0 Å². The standard InChI is InChI=1S/C15H20F2N2O3S/c1-18(10-12-3-4-13(16)9-14(12)17)15(20)11-5-7-19(8-6-11)23(2,21)22/h3-4,9,11H,5-8,10H2,1-2H3. The van der Waals surface area contributed by atoms with Crippen LogP contribution in [-0.4, -0.2) is 49.9 Å². The van der Waals surface area contributed by atoms with Gasteiger partial charge in [0.15, 0.2) is 0 Å². The summed E-state index contributed by atoms with van der Waals surface area (Å²) in [6, 6.07) is 3.26. The minimum atomic E-state index is -3.23. The maximum absolute atomic E-state index is 13.6. The molecule has 0 unspecified atom stereocenters. The van der Waals surface area contributed by atoms with Crippen LogP contribution in [0, 0.1) is 17.6 Å². The molecule has 1 saturated heterocycles. The summed E-state index contributed by atoms with van der Waals surface area (Å²) in [6.45, 7) is 0.680. The van der Waals surface area contributed by atoms with E-state index < -0.39 is 21.7 Å². The van der Waals surface area contributed by atoms with E-state index in [-0.39, 0.29) is 23.9 Å². The second kappa shape index (κ2) is 6.92. The van der Waals surface area contributed by atoms with Crippen LogP contribution in [0.2, 0.25) is 0 Å². The van der Waals surface area contributed by atoms with Crippen LogP contribution in [0.1, 0.15) is 18.4 Å². The van der Waals surface area contributed by atoms with E-state index in [2.05, 4.69) is 0 Å². The van der Waals surface area contributed by atoms with Crippen LogP contribution < -0.4 is 0 Å². The molecule has 0 radical (unpaired) electrons. The molecule has 0 aromatic heterocycles. The maximum atomic E-state index is 13.6. The quantitative estimate of drug-likeness (QED) is 0.832. The molecule has 128 valence electrons. The van der Waals surface area contributed by atoms with Gasteiger partial charge < -0.3 is 4.90 Å². The lowest BCUT2D eigenvalue weighted by Gasteiger charge is -2.31. The van der Waals surface area contributed by atoms with Gasteiger partial charge in [0.2, 0.25) is 15.9 Å². The number of sulfonamides is 1. The Hall–Kier alpha value is -1.54. The van der Waals surface area contributed by atoms with Crippen LogP contribution in [0.25, 0.3) is 0 Å². The number of rotatable bonds is 4. The lowest BCUT2D eigenvalue weighted by molar-refractivity contribution is -0.135. The number of carbonyl (C=O) groups excluding carboxylic acids is 1. The molecule has 0 atom stereocenters. The first-order chi connectivity index (χ1) is 10.7. The van der Waals surface area contributed by atoms with Crippen molar-refractivity contribution in [3.05, 3.63) is 35.4 Å². The van der Waals surface area contributed by atoms with E-state index in [1.807, 2.05) is 0 Å². The lowest BCUT2D eigenvalue weighted by atomic mass is 9.96. The molecule has 0 bridgehead atoms. The Balaban J connectivity index is 1.95. The lowest BCUT2D eigenvalue weighted by Crippen LogP contribution is -2.43. The first-order valence-corrected chi connectivity index (χ1v) is 9.17. The molecule has 1 aromatic rings. The van der Waals surface area contributed by atoms with E-state index in [1.54, 1.807) is 7.05 Å². The predicted octanol–water partition coefficient (Wildman–Crippen LogP) is 1.59. The Bertz CT molecular complexity index is 686. The Kier molecular flexibility index (Phi) is 5.36. The van der Waals surface area contributed by atoms with Crippen LogP contribution in [0.4, 0.5) is 8.78 Å². The van der Waals surface area contributed by atoms with Crippen molar-refractivity contribution in [1.82, 2.24) is 9.21 Å². The average molecular weight is 346 g/mol. The van der Waals surface area contributed by atoms with Gasteiger partial charge in [-0.2, -0.15) is 0 Å². The maximum Gasteiger partial charge on any atom is 0.225 e. The van der Waals surface area contributed by atoms with E-state index in [9.17, 15) is 22.0 Å². The highest BCUT2D eigenvalue weighted by molar-refractivity contribution is 7.88. The highest BCUT2D eigenvalue weighted by Crippen LogP contribution is 2.22. The molecule has 1 aliphatic heterocycles. The van der Waals surface area contributed by atoms with Gasteiger partial charge >= 0.3 is 0 Å². The zero-order valence-corrected chi connectivity index (χ0v) is 13.9. The monoisotopic (exact) mass is 346 g/mol. The van der Waals surface area contributed by atoms with Crippen molar-refractivity contribution in [3.63, 3.8) is 0 Å². The van der Waals surface area contributed by atoms with Gasteiger partial charge in [-0.05, 0) is 18.9 Å². The molecule has 1 fully saturated rings. The average Bonchev–Trinajstić information content (AvgIpc) is 2.48. The second-order valence-corrected chi connectivity index (χ2v) is 7.85.